The molecule has 132 valence electrons. The number of methoxy groups -OCH3 is 1. The molecular weight excluding hydrogens is 330 g/mol. The zero-order valence-corrected chi connectivity index (χ0v) is 15.0. The molecule has 24 heavy (non-hydrogen) atoms. The van der Waals surface area contributed by atoms with Crippen LogP contribution in [0.2, 0.25) is 0 Å². The van der Waals surface area contributed by atoms with E-state index in [2.05, 4.69) is 0 Å². The average molecular weight is 353 g/mol. The fourth-order valence-corrected chi connectivity index (χ4v) is 4.38. The number of rotatable bonds is 6. The Kier molecular flexibility index (Phi) is 5.88. The zero-order chi connectivity index (χ0) is 17.7. The van der Waals surface area contributed by atoms with Crippen molar-refractivity contribution in [2.75, 3.05) is 32.3 Å². The van der Waals surface area contributed by atoms with Crippen molar-refractivity contribution in [2.45, 2.75) is 19.4 Å². The topological polar surface area (TPSA) is 72.9 Å². The summed E-state index contributed by atoms with van der Waals surface area (Å²) in [7, 11) is 0.187. The molecule has 1 aromatic carbocycles. The van der Waals surface area contributed by atoms with Crippen LogP contribution in [0.3, 0.4) is 0 Å². The largest absolute Gasteiger partial charge is 0.493 e. The smallest absolute Gasteiger partial charge is 0.246 e. The summed E-state index contributed by atoms with van der Waals surface area (Å²) in [5, 5.41) is 0. The number of ether oxygens (including phenoxy) is 2. The van der Waals surface area contributed by atoms with Crippen LogP contribution >= 0.6 is 0 Å². The molecule has 0 bridgehead atoms. The highest BCUT2D eigenvalue weighted by atomic mass is 32.2. The van der Waals surface area contributed by atoms with E-state index in [1.807, 2.05) is 13.0 Å². The van der Waals surface area contributed by atoms with Gasteiger partial charge in [0.25, 0.3) is 0 Å². The molecule has 1 heterocycles. The van der Waals surface area contributed by atoms with Gasteiger partial charge in [-0.15, -0.1) is 0 Å². The van der Waals surface area contributed by atoms with Crippen LogP contribution < -0.4 is 9.47 Å². The van der Waals surface area contributed by atoms with Crippen LogP contribution in [0.25, 0.3) is 6.08 Å². The van der Waals surface area contributed by atoms with E-state index in [0.717, 1.165) is 5.56 Å². The molecule has 0 saturated carbocycles. The van der Waals surface area contributed by atoms with Crippen LogP contribution in [0.15, 0.2) is 24.3 Å². The highest BCUT2D eigenvalue weighted by Gasteiger charge is 2.31. The predicted octanol–water partition coefficient (Wildman–Crippen LogP) is 1.75. The average Bonchev–Trinajstić information content (AvgIpc) is 2.93. The first kappa shape index (κ1) is 18.3. The summed E-state index contributed by atoms with van der Waals surface area (Å²) in [5.41, 5.74) is 0.802. The Morgan fingerprint density at radius 1 is 1.38 bits per heavy atom. The number of sulfone groups is 1. The fraction of sp³-hybridized carbons (Fsp3) is 0.471. The maximum absolute atomic E-state index is 12.2. The number of carbonyl (C=O) groups excluding carboxylic acids is 1. The summed E-state index contributed by atoms with van der Waals surface area (Å²) < 4.78 is 33.8. The van der Waals surface area contributed by atoms with Crippen molar-refractivity contribution >= 4 is 21.8 Å². The zero-order valence-electron chi connectivity index (χ0n) is 14.2. The first-order valence-corrected chi connectivity index (χ1v) is 9.64. The van der Waals surface area contributed by atoms with Gasteiger partial charge in [-0.25, -0.2) is 8.42 Å². The van der Waals surface area contributed by atoms with Gasteiger partial charge in [0.1, 0.15) is 0 Å². The Balaban J connectivity index is 2.05. The summed E-state index contributed by atoms with van der Waals surface area (Å²) in [6, 6.07) is 5.16. The van der Waals surface area contributed by atoms with Crippen molar-refractivity contribution in [1.82, 2.24) is 4.90 Å². The summed E-state index contributed by atoms with van der Waals surface area (Å²) in [6.07, 6.45) is 3.62. The van der Waals surface area contributed by atoms with Crippen molar-refractivity contribution in [3.8, 4) is 11.5 Å². The van der Waals surface area contributed by atoms with Gasteiger partial charge in [-0.3, -0.25) is 4.79 Å². The molecule has 0 N–H and O–H groups in total. The second-order valence-electron chi connectivity index (χ2n) is 5.68. The molecule has 0 unspecified atom stereocenters. The van der Waals surface area contributed by atoms with E-state index in [-0.39, 0.29) is 23.5 Å². The van der Waals surface area contributed by atoms with Crippen LogP contribution in [0, 0.1) is 0 Å². The van der Waals surface area contributed by atoms with Crippen LogP contribution in [-0.4, -0.2) is 57.5 Å². The van der Waals surface area contributed by atoms with E-state index in [1.165, 1.54) is 11.0 Å². The van der Waals surface area contributed by atoms with E-state index in [0.29, 0.717) is 24.5 Å². The quantitative estimate of drug-likeness (QED) is 0.729. The lowest BCUT2D eigenvalue weighted by Crippen LogP contribution is -2.36. The fourth-order valence-electron chi connectivity index (χ4n) is 2.61. The number of benzene rings is 1. The molecule has 6 nitrogen and oxygen atoms in total. The molecule has 7 heteroatoms. The number of hydrogen-bond acceptors (Lipinski definition) is 5. The summed E-state index contributed by atoms with van der Waals surface area (Å²) in [5.74, 6) is 1.22. The predicted molar refractivity (Wildman–Crippen MR) is 93.0 cm³/mol. The van der Waals surface area contributed by atoms with Gasteiger partial charge in [-0.1, -0.05) is 6.07 Å². The van der Waals surface area contributed by atoms with Crippen molar-refractivity contribution in [3.63, 3.8) is 0 Å². The lowest BCUT2D eigenvalue weighted by molar-refractivity contribution is -0.126. The van der Waals surface area contributed by atoms with Gasteiger partial charge in [0.05, 0.1) is 25.2 Å². The minimum Gasteiger partial charge on any atom is -0.493 e. The normalized spacial score (nSPS) is 19.4. The second kappa shape index (κ2) is 7.70. The molecule has 1 amide bonds. The highest BCUT2D eigenvalue weighted by molar-refractivity contribution is 7.91. The Hall–Kier alpha value is -2.02. The molecule has 1 saturated heterocycles. The Morgan fingerprint density at radius 3 is 2.71 bits per heavy atom. The highest BCUT2D eigenvalue weighted by Crippen LogP contribution is 2.28. The number of amides is 1. The van der Waals surface area contributed by atoms with Crippen molar-refractivity contribution < 1.29 is 22.7 Å². The molecule has 1 aliphatic rings. The van der Waals surface area contributed by atoms with Crippen LogP contribution in [0.4, 0.5) is 0 Å². The first-order valence-electron chi connectivity index (χ1n) is 7.82. The van der Waals surface area contributed by atoms with Crippen LogP contribution in [0.1, 0.15) is 18.9 Å². The molecule has 1 atom stereocenters. The van der Waals surface area contributed by atoms with Gasteiger partial charge in [0.15, 0.2) is 21.3 Å². The van der Waals surface area contributed by atoms with E-state index >= 15 is 0 Å². The molecular formula is C17H23NO5S. The van der Waals surface area contributed by atoms with Gasteiger partial charge < -0.3 is 14.4 Å². The van der Waals surface area contributed by atoms with E-state index in [4.69, 9.17) is 9.47 Å². The van der Waals surface area contributed by atoms with Gasteiger partial charge in [-0.05, 0) is 37.1 Å². The SMILES string of the molecule is CCOc1ccc(/C=C\C(=O)N(C)[C@H]2CCS(=O)(=O)C2)cc1OC. The number of likely N-dealkylation sites (N-methyl/N-ethyl adjacent to an activating group) is 1. The third kappa shape index (κ3) is 4.50. The molecule has 0 aliphatic carbocycles. The number of carbonyl (C=O) groups is 1. The molecule has 0 spiro atoms. The van der Waals surface area contributed by atoms with E-state index < -0.39 is 9.84 Å². The lowest BCUT2D eigenvalue weighted by atomic mass is 10.1. The van der Waals surface area contributed by atoms with Gasteiger partial charge in [-0.2, -0.15) is 0 Å². The number of hydrogen-bond donors (Lipinski definition) is 0. The van der Waals surface area contributed by atoms with Crippen LogP contribution in [-0.2, 0) is 14.6 Å². The summed E-state index contributed by atoms with van der Waals surface area (Å²) >= 11 is 0. The third-order valence-electron chi connectivity index (χ3n) is 4.01. The maximum Gasteiger partial charge on any atom is 0.246 e. The standard InChI is InChI=1S/C17H23NO5S/c1-4-23-15-7-5-13(11-16(15)22-3)6-8-17(19)18(2)14-9-10-24(20,21)12-14/h5-8,11,14H,4,9-10,12H2,1-3H3/b8-6-/t14-/m0/s1. The van der Waals surface area contributed by atoms with Crippen molar-refractivity contribution in [2.24, 2.45) is 0 Å². The van der Waals surface area contributed by atoms with Crippen molar-refractivity contribution in [1.29, 1.82) is 0 Å². The first-order chi connectivity index (χ1) is 11.4. The number of nitrogens with zero attached hydrogens (tertiary/aromatic N) is 1. The molecule has 2 rings (SSSR count). The molecule has 1 fully saturated rings. The van der Waals surface area contributed by atoms with Gasteiger partial charge >= 0.3 is 0 Å². The molecule has 1 aromatic rings. The molecule has 0 radical (unpaired) electrons. The third-order valence-corrected chi connectivity index (χ3v) is 5.76. The lowest BCUT2D eigenvalue weighted by Gasteiger charge is -2.21. The van der Waals surface area contributed by atoms with Crippen LogP contribution in [0.5, 0.6) is 11.5 Å². The maximum atomic E-state index is 12.2. The minimum absolute atomic E-state index is 0.0416. The van der Waals surface area contributed by atoms with E-state index in [9.17, 15) is 13.2 Å². The monoisotopic (exact) mass is 353 g/mol. The van der Waals surface area contributed by atoms with Gasteiger partial charge in [0, 0.05) is 19.2 Å². The summed E-state index contributed by atoms with van der Waals surface area (Å²) in [6.45, 7) is 2.43. The Morgan fingerprint density at radius 2 is 2.12 bits per heavy atom. The molecule has 0 aromatic heterocycles. The minimum atomic E-state index is -3.01. The Bertz CT molecular complexity index is 726. The van der Waals surface area contributed by atoms with E-state index in [1.54, 1.807) is 32.4 Å². The Labute approximate surface area is 143 Å². The van der Waals surface area contributed by atoms with Gasteiger partial charge in [0.2, 0.25) is 5.91 Å². The second-order valence-corrected chi connectivity index (χ2v) is 7.91. The summed E-state index contributed by atoms with van der Waals surface area (Å²) in [4.78, 5) is 13.7. The van der Waals surface area contributed by atoms with Crippen molar-refractivity contribution in [3.05, 3.63) is 29.8 Å². The molecule has 1 aliphatic heterocycles.